The second-order valence-electron chi connectivity index (χ2n) is 4.09. The molecule has 1 amide bonds. The third-order valence-corrected chi connectivity index (χ3v) is 2.97. The Morgan fingerprint density at radius 1 is 1.44 bits per heavy atom. The number of nitrogens with one attached hydrogen (secondary N) is 2. The SMILES string of the molecule is CN=C1NC(=O)C(C)(c2c(F)cccc2OC)N1. The second-order valence-corrected chi connectivity index (χ2v) is 4.09. The fourth-order valence-corrected chi connectivity index (χ4v) is 2.00. The summed E-state index contributed by atoms with van der Waals surface area (Å²) in [6.07, 6.45) is 0. The van der Waals surface area contributed by atoms with Crippen LogP contribution in [0.1, 0.15) is 12.5 Å². The van der Waals surface area contributed by atoms with Crippen molar-refractivity contribution in [2.24, 2.45) is 4.99 Å². The molecule has 1 aromatic carbocycles. The van der Waals surface area contributed by atoms with Crippen molar-refractivity contribution in [1.82, 2.24) is 10.6 Å². The highest BCUT2D eigenvalue weighted by molar-refractivity contribution is 6.09. The smallest absolute Gasteiger partial charge is 0.257 e. The zero-order valence-electron chi connectivity index (χ0n) is 10.4. The first-order valence-electron chi connectivity index (χ1n) is 5.42. The Labute approximate surface area is 104 Å². The van der Waals surface area contributed by atoms with Crippen molar-refractivity contribution in [3.63, 3.8) is 0 Å². The zero-order chi connectivity index (χ0) is 13.3. The molecule has 1 aromatic rings. The predicted octanol–water partition coefficient (Wildman–Crippen LogP) is 0.755. The average Bonchev–Trinajstić information content (AvgIpc) is 2.65. The van der Waals surface area contributed by atoms with Gasteiger partial charge in [0.1, 0.15) is 17.1 Å². The first-order valence-corrected chi connectivity index (χ1v) is 5.42. The topological polar surface area (TPSA) is 62.7 Å². The molecule has 0 saturated carbocycles. The molecule has 0 aliphatic carbocycles. The predicted molar refractivity (Wildman–Crippen MR) is 64.9 cm³/mol. The number of methoxy groups -OCH3 is 1. The van der Waals surface area contributed by atoms with Crippen molar-refractivity contribution >= 4 is 11.9 Å². The maximum atomic E-state index is 14.0. The van der Waals surface area contributed by atoms with Gasteiger partial charge in [0, 0.05) is 7.05 Å². The van der Waals surface area contributed by atoms with Crippen LogP contribution in [0.2, 0.25) is 0 Å². The van der Waals surface area contributed by atoms with Crippen LogP contribution in [0.15, 0.2) is 23.2 Å². The van der Waals surface area contributed by atoms with Gasteiger partial charge in [0.15, 0.2) is 5.96 Å². The van der Waals surface area contributed by atoms with Gasteiger partial charge in [-0.15, -0.1) is 0 Å². The highest BCUT2D eigenvalue weighted by atomic mass is 19.1. The van der Waals surface area contributed by atoms with Crippen molar-refractivity contribution in [3.8, 4) is 5.75 Å². The Balaban J connectivity index is 2.58. The van der Waals surface area contributed by atoms with Gasteiger partial charge in [-0.1, -0.05) is 6.07 Å². The maximum Gasteiger partial charge on any atom is 0.257 e. The summed E-state index contributed by atoms with van der Waals surface area (Å²) in [5.41, 5.74) is -1.06. The van der Waals surface area contributed by atoms with Crippen LogP contribution in [0.4, 0.5) is 4.39 Å². The van der Waals surface area contributed by atoms with E-state index >= 15 is 0 Å². The third-order valence-electron chi connectivity index (χ3n) is 2.97. The van der Waals surface area contributed by atoms with Crippen LogP contribution in [0.3, 0.4) is 0 Å². The second kappa shape index (κ2) is 4.29. The van der Waals surface area contributed by atoms with E-state index in [1.165, 1.54) is 26.3 Å². The van der Waals surface area contributed by atoms with Crippen molar-refractivity contribution in [2.75, 3.05) is 14.2 Å². The Hall–Kier alpha value is -2.11. The van der Waals surface area contributed by atoms with E-state index in [1.54, 1.807) is 13.0 Å². The highest BCUT2D eigenvalue weighted by Gasteiger charge is 2.45. The monoisotopic (exact) mass is 251 g/mol. The van der Waals surface area contributed by atoms with E-state index in [1.807, 2.05) is 0 Å². The van der Waals surface area contributed by atoms with Gasteiger partial charge < -0.3 is 10.1 Å². The Kier molecular flexibility index (Phi) is 2.94. The van der Waals surface area contributed by atoms with Gasteiger partial charge in [0.05, 0.1) is 12.7 Å². The number of guanidine groups is 1. The summed E-state index contributed by atoms with van der Waals surface area (Å²) in [7, 11) is 2.97. The van der Waals surface area contributed by atoms with Crippen LogP contribution in [0.25, 0.3) is 0 Å². The van der Waals surface area contributed by atoms with Crippen LogP contribution in [0.5, 0.6) is 5.75 Å². The van der Waals surface area contributed by atoms with Gasteiger partial charge in [-0.05, 0) is 19.1 Å². The molecule has 1 aliphatic rings. The number of ether oxygens (including phenoxy) is 1. The lowest BCUT2D eigenvalue weighted by molar-refractivity contribution is -0.123. The normalized spacial score (nSPS) is 24.9. The van der Waals surface area contributed by atoms with Crippen molar-refractivity contribution in [1.29, 1.82) is 0 Å². The molecule has 0 radical (unpaired) electrons. The van der Waals surface area contributed by atoms with E-state index in [0.717, 1.165) is 0 Å². The summed E-state index contributed by atoms with van der Waals surface area (Å²) >= 11 is 0. The lowest BCUT2D eigenvalue weighted by atomic mass is 9.91. The molecular weight excluding hydrogens is 237 g/mol. The first kappa shape index (κ1) is 12.3. The van der Waals surface area contributed by atoms with Gasteiger partial charge >= 0.3 is 0 Å². The van der Waals surface area contributed by atoms with Gasteiger partial charge in [-0.25, -0.2) is 4.39 Å². The summed E-state index contributed by atoms with van der Waals surface area (Å²) in [6.45, 7) is 1.58. The highest BCUT2D eigenvalue weighted by Crippen LogP contribution is 2.34. The minimum absolute atomic E-state index is 0.170. The fraction of sp³-hybridized carbons (Fsp3) is 0.333. The van der Waals surface area contributed by atoms with E-state index in [2.05, 4.69) is 15.6 Å². The molecule has 2 rings (SSSR count). The van der Waals surface area contributed by atoms with Crippen molar-refractivity contribution in [3.05, 3.63) is 29.6 Å². The molecule has 1 unspecified atom stereocenters. The van der Waals surface area contributed by atoms with E-state index in [9.17, 15) is 9.18 Å². The number of hydrogen-bond donors (Lipinski definition) is 2. The van der Waals surface area contributed by atoms with Gasteiger partial charge in [-0.3, -0.25) is 15.1 Å². The molecule has 1 fully saturated rings. The van der Waals surface area contributed by atoms with Gasteiger partial charge in [0.2, 0.25) is 0 Å². The van der Waals surface area contributed by atoms with E-state index < -0.39 is 11.4 Å². The minimum Gasteiger partial charge on any atom is -0.496 e. The molecule has 5 nitrogen and oxygen atoms in total. The molecule has 0 aromatic heterocycles. The number of carbonyl (C=O) groups excluding carboxylic acids is 1. The van der Waals surface area contributed by atoms with E-state index in [0.29, 0.717) is 11.7 Å². The fourth-order valence-electron chi connectivity index (χ4n) is 2.00. The lowest BCUT2D eigenvalue weighted by Crippen LogP contribution is -2.41. The molecular formula is C12H14FN3O2. The largest absolute Gasteiger partial charge is 0.496 e. The summed E-state index contributed by atoms with van der Waals surface area (Å²) in [5.74, 6) is -0.242. The van der Waals surface area contributed by atoms with E-state index in [-0.39, 0.29) is 11.5 Å². The first-order chi connectivity index (χ1) is 8.52. The van der Waals surface area contributed by atoms with Gasteiger partial charge in [-0.2, -0.15) is 0 Å². The number of hydrogen-bond acceptors (Lipinski definition) is 3. The molecule has 2 N–H and O–H groups in total. The number of carbonyl (C=O) groups is 1. The molecule has 0 spiro atoms. The Morgan fingerprint density at radius 3 is 2.72 bits per heavy atom. The molecule has 18 heavy (non-hydrogen) atoms. The molecule has 6 heteroatoms. The number of halogens is 1. The molecule has 1 saturated heterocycles. The maximum absolute atomic E-state index is 14.0. The van der Waals surface area contributed by atoms with Crippen LogP contribution in [0, 0.1) is 5.82 Å². The Bertz CT molecular complexity index is 530. The molecule has 1 atom stereocenters. The molecule has 1 aliphatic heterocycles. The molecule has 1 heterocycles. The number of nitrogens with zero attached hydrogens (tertiary/aromatic N) is 1. The van der Waals surface area contributed by atoms with Crippen molar-refractivity contribution in [2.45, 2.75) is 12.5 Å². The van der Waals surface area contributed by atoms with Crippen molar-refractivity contribution < 1.29 is 13.9 Å². The minimum atomic E-state index is -1.23. The summed E-state index contributed by atoms with van der Waals surface area (Å²) < 4.78 is 19.1. The summed E-state index contributed by atoms with van der Waals surface area (Å²) in [5, 5.41) is 5.42. The van der Waals surface area contributed by atoms with Crippen LogP contribution in [-0.4, -0.2) is 26.0 Å². The summed E-state index contributed by atoms with van der Waals surface area (Å²) in [6, 6.07) is 4.43. The molecule has 0 bridgehead atoms. The number of aliphatic imine (C=N–C) groups is 1. The Morgan fingerprint density at radius 2 is 2.17 bits per heavy atom. The van der Waals surface area contributed by atoms with E-state index in [4.69, 9.17) is 4.74 Å². The van der Waals surface area contributed by atoms with Gasteiger partial charge in [0.25, 0.3) is 5.91 Å². The number of amides is 1. The molecule has 96 valence electrons. The van der Waals surface area contributed by atoms with Crippen LogP contribution >= 0.6 is 0 Å². The standard InChI is InChI=1S/C12H14FN3O2/c1-12(10(17)15-11(14-2)16-12)9-7(13)5-4-6-8(9)18-3/h4-6H,1-3H3,(H2,14,15,16,17). The average molecular weight is 251 g/mol. The lowest BCUT2D eigenvalue weighted by Gasteiger charge is -2.24. The number of benzene rings is 1. The van der Waals surface area contributed by atoms with Crippen LogP contribution < -0.4 is 15.4 Å². The third kappa shape index (κ3) is 1.70. The quantitative estimate of drug-likeness (QED) is 0.815. The number of rotatable bonds is 2. The zero-order valence-corrected chi connectivity index (χ0v) is 10.4. The van der Waals surface area contributed by atoms with Crippen LogP contribution in [-0.2, 0) is 10.3 Å². The summed E-state index contributed by atoms with van der Waals surface area (Å²) in [4.78, 5) is 15.9.